The van der Waals surface area contributed by atoms with Crippen molar-refractivity contribution in [2.75, 3.05) is 11.5 Å². The number of rotatable bonds is 11. The number of aliphatic hydroxyl groups is 2. The van der Waals surface area contributed by atoms with E-state index in [0.29, 0.717) is 22.6 Å². The van der Waals surface area contributed by atoms with Gasteiger partial charge in [-0.15, -0.1) is 0 Å². The zero-order chi connectivity index (χ0) is 39.5. The van der Waals surface area contributed by atoms with Gasteiger partial charge in [0, 0.05) is 23.6 Å². The van der Waals surface area contributed by atoms with Crippen molar-refractivity contribution in [1.29, 1.82) is 0 Å². The number of fused-ring (bicyclic) bond motifs is 2. The fraction of sp³-hybridized carbons (Fsp3) is 0.474. The highest BCUT2D eigenvalue weighted by molar-refractivity contribution is 8.76. The molecule has 4 fully saturated rings. The van der Waals surface area contributed by atoms with E-state index in [2.05, 4.69) is 9.97 Å². The molecule has 56 heavy (non-hydrogen) atoms. The van der Waals surface area contributed by atoms with Crippen LogP contribution in [0.15, 0.2) is 92.0 Å². The Bertz CT molecular complexity index is 2140. The maximum absolute atomic E-state index is 13.4. The van der Waals surface area contributed by atoms with Crippen LogP contribution in [0.25, 0.3) is 0 Å². The monoisotopic (exact) mass is 810 g/mol. The summed E-state index contributed by atoms with van der Waals surface area (Å²) in [6.45, 7) is 7.07. The first kappa shape index (κ1) is 39.0. The summed E-state index contributed by atoms with van der Waals surface area (Å²) in [5.41, 5.74) is -1.76. The molecule has 298 valence electrons. The number of H-pyrrole nitrogens is 2. The van der Waals surface area contributed by atoms with E-state index in [1.807, 2.05) is 0 Å². The van der Waals surface area contributed by atoms with E-state index in [4.69, 9.17) is 28.4 Å². The second-order valence-electron chi connectivity index (χ2n) is 14.9. The third kappa shape index (κ3) is 7.50. The Balaban J connectivity index is 1.00. The summed E-state index contributed by atoms with van der Waals surface area (Å²) in [6, 6.07) is 19.7. The third-order valence-electron chi connectivity index (χ3n) is 10.1. The van der Waals surface area contributed by atoms with E-state index in [0.717, 1.165) is 0 Å². The van der Waals surface area contributed by atoms with Crippen LogP contribution in [0.3, 0.4) is 0 Å². The molecule has 4 aliphatic rings. The SMILES string of the molecule is CC1(C)O[C@@H]2[C@H](O1)[C@@H](CSSC[C@H]1O[C@@H](n3c(C(O)c4ccccc4)cc(=O)[nH]c3=O)[C@@H]3OC(C)(C)O[C@@H]31)O[C@H]2n1c(C(O)c2ccccc2)cc(=O)[nH]c1=O. The lowest BCUT2D eigenvalue weighted by atomic mass is 10.1. The molecule has 0 spiro atoms. The number of hydrogen-bond donors (Lipinski definition) is 4. The lowest BCUT2D eigenvalue weighted by molar-refractivity contribution is -0.195. The summed E-state index contributed by atoms with van der Waals surface area (Å²) < 4.78 is 40.5. The molecule has 8 rings (SSSR count). The number of nitrogens with zero attached hydrogens (tertiary/aromatic N) is 2. The normalized spacial score (nSPS) is 29.9. The van der Waals surface area contributed by atoms with Crippen molar-refractivity contribution in [1.82, 2.24) is 19.1 Å². The van der Waals surface area contributed by atoms with Crippen LogP contribution in [-0.2, 0) is 28.4 Å². The Kier molecular flexibility index (Phi) is 10.6. The fourth-order valence-corrected chi connectivity index (χ4v) is 10.2. The standard InChI is InChI=1S/C38H42N4O12S2/c1-37(2)51-29-23(49-33(31(29)53-37)41-21(15-25(43)39-35(41)47)27(45)19-11-7-5-8-12-19)17-55-56-18-24-30-32(54-38(3,4)52-30)34(50-24)42-22(16-26(44)40-36(42)48)28(46)20-13-9-6-10-14-20/h5-16,23-24,27-34,45-46H,17-18H2,1-4H3,(H,39,43,47)(H,40,44,48)/t23-,24-,27?,28?,29-,30-,31-,32-,33-,34-/m1/s1. The number of nitrogens with one attached hydrogen (secondary N) is 2. The lowest BCUT2D eigenvalue weighted by Crippen LogP contribution is -2.40. The van der Waals surface area contributed by atoms with Crippen LogP contribution in [0.1, 0.15) is 74.9 Å². The molecule has 10 atom stereocenters. The van der Waals surface area contributed by atoms with Gasteiger partial charge in [0.2, 0.25) is 0 Å². The minimum Gasteiger partial charge on any atom is -0.382 e. The quantitative estimate of drug-likeness (QED) is 0.127. The molecule has 6 heterocycles. The summed E-state index contributed by atoms with van der Waals surface area (Å²) in [4.78, 5) is 56.4. The number of aromatic nitrogens is 4. The average Bonchev–Trinajstić information content (AvgIpc) is 3.85. The van der Waals surface area contributed by atoms with Crippen molar-refractivity contribution in [3.63, 3.8) is 0 Å². The smallest absolute Gasteiger partial charge is 0.330 e. The first-order chi connectivity index (χ1) is 26.7. The van der Waals surface area contributed by atoms with Gasteiger partial charge in [0.25, 0.3) is 11.1 Å². The number of ether oxygens (including phenoxy) is 6. The van der Waals surface area contributed by atoms with Gasteiger partial charge >= 0.3 is 11.4 Å². The van der Waals surface area contributed by atoms with E-state index in [-0.39, 0.29) is 11.4 Å². The lowest BCUT2D eigenvalue weighted by Gasteiger charge is -2.27. The predicted molar refractivity (Wildman–Crippen MR) is 204 cm³/mol. The van der Waals surface area contributed by atoms with Crippen molar-refractivity contribution in [3.8, 4) is 0 Å². The number of aliphatic hydroxyl groups excluding tert-OH is 2. The molecule has 18 heteroatoms. The Hall–Kier alpha value is -3.82. The minimum atomic E-state index is -1.30. The molecule has 2 unspecified atom stereocenters. The molecule has 0 aliphatic carbocycles. The van der Waals surface area contributed by atoms with Gasteiger partial charge in [-0.2, -0.15) is 0 Å². The molecule has 2 aromatic heterocycles. The van der Waals surface area contributed by atoms with Crippen molar-refractivity contribution in [2.45, 2.75) is 101 Å². The Morgan fingerprint density at radius 3 is 1.34 bits per heavy atom. The molecular weight excluding hydrogens is 769 g/mol. The highest BCUT2D eigenvalue weighted by Crippen LogP contribution is 2.47. The van der Waals surface area contributed by atoms with Crippen LogP contribution < -0.4 is 22.5 Å². The maximum Gasteiger partial charge on any atom is 0.330 e. The van der Waals surface area contributed by atoms with E-state index in [1.54, 1.807) is 88.4 Å². The van der Waals surface area contributed by atoms with Gasteiger partial charge in [0.15, 0.2) is 24.0 Å². The largest absolute Gasteiger partial charge is 0.382 e. The Labute approximate surface area is 327 Å². The number of aromatic amines is 2. The molecular formula is C38H42N4O12S2. The molecule has 0 radical (unpaired) electrons. The van der Waals surface area contributed by atoms with Gasteiger partial charge in [-0.25, -0.2) is 9.59 Å². The first-order valence-electron chi connectivity index (χ1n) is 18.1. The molecule has 0 saturated carbocycles. The molecule has 16 nitrogen and oxygen atoms in total. The van der Waals surface area contributed by atoms with Crippen LogP contribution in [0.2, 0.25) is 0 Å². The van der Waals surface area contributed by atoms with Crippen molar-refractivity contribution in [2.24, 2.45) is 0 Å². The molecule has 0 bridgehead atoms. The Morgan fingerprint density at radius 2 is 0.964 bits per heavy atom. The zero-order valence-electron chi connectivity index (χ0n) is 30.8. The van der Waals surface area contributed by atoms with Crippen molar-refractivity contribution < 1.29 is 38.6 Å². The van der Waals surface area contributed by atoms with Gasteiger partial charge in [-0.1, -0.05) is 82.3 Å². The number of benzene rings is 2. The van der Waals surface area contributed by atoms with E-state index in [9.17, 15) is 29.4 Å². The maximum atomic E-state index is 13.4. The second-order valence-corrected chi connectivity index (χ2v) is 17.5. The molecule has 4 N–H and O–H groups in total. The van der Waals surface area contributed by atoms with Gasteiger partial charge in [0.1, 0.15) is 36.6 Å². The third-order valence-corrected chi connectivity index (χ3v) is 12.5. The summed E-state index contributed by atoms with van der Waals surface area (Å²) in [5.74, 6) is -1.23. The van der Waals surface area contributed by atoms with Crippen LogP contribution >= 0.6 is 21.6 Å². The van der Waals surface area contributed by atoms with Gasteiger partial charge < -0.3 is 38.6 Å². The van der Waals surface area contributed by atoms with E-state index < -0.39 is 95.4 Å². The average molecular weight is 811 g/mol. The summed E-state index contributed by atoms with van der Waals surface area (Å²) in [7, 11) is 2.94. The van der Waals surface area contributed by atoms with E-state index >= 15 is 0 Å². The topological polar surface area (TPSA) is 206 Å². The van der Waals surface area contributed by atoms with Gasteiger partial charge in [0.05, 0.1) is 23.6 Å². The predicted octanol–water partition coefficient (Wildman–Crippen LogP) is 2.47. The van der Waals surface area contributed by atoms with Gasteiger partial charge in [-0.05, 0) is 38.8 Å². The van der Waals surface area contributed by atoms with Gasteiger partial charge in [-0.3, -0.25) is 28.7 Å². The van der Waals surface area contributed by atoms with Crippen molar-refractivity contribution >= 4 is 21.6 Å². The van der Waals surface area contributed by atoms with Crippen LogP contribution in [0.5, 0.6) is 0 Å². The van der Waals surface area contributed by atoms with Crippen molar-refractivity contribution in [3.05, 3.63) is 137 Å². The summed E-state index contributed by atoms with van der Waals surface area (Å²) >= 11 is 0. The minimum absolute atomic E-state index is 0.0509. The van der Waals surface area contributed by atoms with Crippen LogP contribution in [-0.4, -0.2) is 89.0 Å². The zero-order valence-corrected chi connectivity index (χ0v) is 32.4. The number of hydrogen-bond acceptors (Lipinski definition) is 14. The molecule has 0 amide bonds. The highest BCUT2D eigenvalue weighted by atomic mass is 33.1. The second kappa shape index (κ2) is 15.2. The molecule has 4 saturated heterocycles. The van der Waals surface area contributed by atoms with E-state index in [1.165, 1.54) is 42.9 Å². The Morgan fingerprint density at radius 1 is 0.607 bits per heavy atom. The van der Waals surface area contributed by atoms with Crippen LogP contribution in [0.4, 0.5) is 0 Å². The molecule has 2 aromatic carbocycles. The van der Waals surface area contributed by atoms with Crippen LogP contribution in [0, 0.1) is 0 Å². The molecule has 4 aromatic rings. The molecule has 4 aliphatic heterocycles. The fourth-order valence-electron chi connectivity index (χ4n) is 7.84. The summed E-state index contributed by atoms with van der Waals surface area (Å²) in [6.07, 6.45) is -8.47. The highest BCUT2D eigenvalue weighted by Gasteiger charge is 2.58. The summed E-state index contributed by atoms with van der Waals surface area (Å²) in [5, 5.41) is 22.7. The first-order valence-corrected chi connectivity index (χ1v) is 20.6.